The Morgan fingerprint density at radius 1 is 1.62 bits per heavy atom. The van der Waals surface area contributed by atoms with Crippen molar-refractivity contribution in [3.63, 3.8) is 0 Å². The summed E-state index contributed by atoms with van der Waals surface area (Å²) in [4.78, 5) is 13.9. The number of nitrogens with one attached hydrogen (secondary N) is 1. The zero-order valence-corrected chi connectivity index (χ0v) is 10.5. The molecular formula is C12H17NO2S. The van der Waals surface area contributed by atoms with Gasteiger partial charge in [0.2, 0.25) is 0 Å². The van der Waals surface area contributed by atoms with Crippen LogP contribution < -0.4 is 5.32 Å². The van der Waals surface area contributed by atoms with E-state index in [1.54, 1.807) is 0 Å². The van der Waals surface area contributed by atoms with Gasteiger partial charge in [-0.3, -0.25) is 4.79 Å². The molecule has 88 valence electrons. The van der Waals surface area contributed by atoms with Crippen LogP contribution in [0.25, 0.3) is 0 Å². The van der Waals surface area contributed by atoms with Gasteiger partial charge in [-0.15, -0.1) is 11.3 Å². The fourth-order valence-corrected chi connectivity index (χ4v) is 2.77. The van der Waals surface area contributed by atoms with Gasteiger partial charge in [-0.1, -0.05) is 6.92 Å². The highest BCUT2D eigenvalue weighted by atomic mass is 32.1. The van der Waals surface area contributed by atoms with E-state index in [-0.39, 0.29) is 18.1 Å². The second kappa shape index (κ2) is 4.18. The molecule has 0 bridgehead atoms. The number of carbonyl (C=O) groups excluding carboxylic acids is 1. The first-order valence-electron chi connectivity index (χ1n) is 5.63. The van der Waals surface area contributed by atoms with E-state index in [4.69, 9.17) is 5.11 Å². The van der Waals surface area contributed by atoms with Crippen molar-refractivity contribution in [3.05, 3.63) is 21.4 Å². The Bertz CT molecular complexity index is 407. The molecule has 1 aromatic heterocycles. The van der Waals surface area contributed by atoms with Gasteiger partial charge in [-0.25, -0.2) is 0 Å². The second-order valence-electron chi connectivity index (χ2n) is 4.44. The van der Waals surface area contributed by atoms with E-state index in [1.165, 1.54) is 21.8 Å². The third-order valence-corrected chi connectivity index (χ3v) is 4.25. The second-order valence-corrected chi connectivity index (χ2v) is 5.69. The number of rotatable bonds is 4. The predicted octanol–water partition coefficient (Wildman–Crippen LogP) is 1.87. The van der Waals surface area contributed by atoms with E-state index < -0.39 is 0 Å². The molecule has 16 heavy (non-hydrogen) atoms. The van der Waals surface area contributed by atoms with Crippen LogP contribution in [0.3, 0.4) is 0 Å². The van der Waals surface area contributed by atoms with Gasteiger partial charge in [-0.2, -0.15) is 0 Å². The summed E-state index contributed by atoms with van der Waals surface area (Å²) >= 11 is 1.53. The van der Waals surface area contributed by atoms with Gasteiger partial charge < -0.3 is 10.4 Å². The van der Waals surface area contributed by atoms with Crippen LogP contribution in [0.4, 0.5) is 0 Å². The number of aliphatic hydroxyl groups excluding tert-OH is 1. The minimum atomic E-state index is -0.318. The average molecular weight is 239 g/mol. The molecule has 1 saturated carbocycles. The van der Waals surface area contributed by atoms with E-state index in [1.807, 2.05) is 13.0 Å². The van der Waals surface area contributed by atoms with Crippen LogP contribution in [-0.4, -0.2) is 23.2 Å². The fraction of sp³-hybridized carbons (Fsp3) is 0.583. The lowest BCUT2D eigenvalue weighted by atomic mass is 10.2. The third kappa shape index (κ3) is 2.13. The normalized spacial score (nSPS) is 17.2. The molecule has 3 nitrogen and oxygen atoms in total. The molecule has 1 amide bonds. The zero-order valence-electron chi connectivity index (χ0n) is 9.67. The first kappa shape index (κ1) is 11.6. The minimum absolute atomic E-state index is 0.0423. The molecule has 0 aliphatic heterocycles. The molecule has 1 heterocycles. The van der Waals surface area contributed by atoms with Crippen molar-refractivity contribution < 1.29 is 9.90 Å². The molecule has 0 unspecified atom stereocenters. The largest absolute Gasteiger partial charge is 0.394 e. The highest BCUT2D eigenvalue weighted by Gasteiger charge is 2.43. The Kier molecular flexibility index (Phi) is 3.04. The summed E-state index contributed by atoms with van der Waals surface area (Å²) in [6.45, 7) is 4.18. The highest BCUT2D eigenvalue weighted by molar-refractivity contribution is 7.14. The molecule has 1 aliphatic carbocycles. The molecule has 2 rings (SSSR count). The summed E-state index contributed by atoms with van der Waals surface area (Å²) in [5, 5.41) is 12.1. The number of amides is 1. The molecule has 0 radical (unpaired) electrons. The van der Waals surface area contributed by atoms with Crippen LogP contribution >= 0.6 is 11.3 Å². The van der Waals surface area contributed by atoms with Gasteiger partial charge >= 0.3 is 0 Å². The standard InChI is InChI=1S/C12H17NO2S/c1-3-9-6-10(16-8(9)2)11(15)13-12(7-14)4-5-12/h6,14H,3-5,7H2,1-2H3,(H,13,15). The summed E-state index contributed by atoms with van der Waals surface area (Å²) in [6, 6.07) is 1.96. The maximum absolute atomic E-state index is 11.9. The van der Waals surface area contributed by atoms with Gasteiger partial charge in [0, 0.05) is 4.88 Å². The van der Waals surface area contributed by atoms with Crippen LogP contribution in [-0.2, 0) is 6.42 Å². The molecular weight excluding hydrogens is 222 g/mol. The topological polar surface area (TPSA) is 49.3 Å². The van der Waals surface area contributed by atoms with Crippen LogP contribution in [0, 0.1) is 6.92 Å². The summed E-state index contributed by atoms with van der Waals surface area (Å²) in [7, 11) is 0. The van der Waals surface area contributed by atoms with Gasteiger partial charge in [-0.05, 0) is 37.8 Å². The van der Waals surface area contributed by atoms with Gasteiger partial charge in [0.1, 0.15) is 0 Å². The molecule has 0 aromatic carbocycles. The van der Waals surface area contributed by atoms with Crippen molar-refractivity contribution in [2.45, 2.75) is 38.6 Å². The van der Waals surface area contributed by atoms with E-state index >= 15 is 0 Å². The lowest BCUT2D eigenvalue weighted by molar-refractivity contribution is 0.0911. The summed E-state index contributed by atoms with van der Waals surface area (Å²) in [6.07, 6.45) is 2.74. The maximum Gasteiger partial charge on any atom is 0.261 e. The van der Waals surface area contributed by atoms with Crippen LogP contribution in [0.15, 0.2) is 6.07 Å². The Morgan fingerprint density at radius 3 is 2.75 bits per heavy atom. The number of thiophene rings is 1. The lowest BCUT2D eigenvalue weighted by Gasteiger charge is -2.12. The third-order valence-electron chi connectivity index (χ3n) is 3.16. The Morgan fingerprint density at radius 2 is 2.31 bits per heavy atom. The average Bonchev–Trinajstić information content (AvgIpc) is 2.94. The van der Waals surface area contributed by atoms with E-state index in [9.17, 15) is 4.79 Å². The van der Waals surface area contributed by atoms with Crippen molar-refractivity contribution >= 4 is 17.2 Å². The molecule has 0 saturated heterocycles. The van der Waals surface area contributed by atoms with Gasteiger partial charge in [0.05, 0.1) is 17.0 Å². The van der Waals surface area contributed by atoms with E-state index in [0.29, 0.717) is 0 Å². The number of hydrogen-bond acceptors (Lipinski definition) is 3. The maximum atomic E-state index is 11.9. The molecule has 0 spiro atoms. The zero-order chi connectivity index (χ0) is 11.8. The number of hydrogen-bond donors (Lipinski definition) is 2. The molecule has 4 heteroatoms. The van der Waals surface area contributed by atoms with Crippen molar-refractivity contribution in [2.24, 2.45) is 0 Å². The Balaban J connectivity index is 2.09. The predicted molar refractivity (Wildman–Crippen MR) is 65.0 cm³/mol. The van der Waals surface area contributed by atoms with E-state index in [2.05, 4.69) is 12.2 Å². The Hall–Kier alpha value is -0.870. The van der Waals surface area contributed by atoms with Gasteiger partial charge in [0.25, 0.3) is 5.91 Å². The van der Waals surface area contributed by atoms with Crippen LogP contribution in [0.1, 0.15) is 39.9 Å². The van der Waals surface area contributed by atoms with Crippen molar-refractivity contribution in [1.82, 2.24) is 5.32 Å². The molecule has 1 aliphatic rings. The van der Waals surface area contributed by atoms with Crippen molar-refractivity contribution in [2.75, 3.05) is 6.61 Å². The fourth-order valence-electron chi connectivity index (χ4n) is 1.76. The quantitative estimate of drug-likeness (QED) is 0.842. The van der Waals surface area contributed by atoms with Crippen LogP contribution in [0.2, 0.25) is 0 Å². The SMILES string of the molecule is CCc1cc(C(=O)NC2(CO)CC2)sc1C. The molecule has 1 fully saturated rings. The summed E-state index contributed by atoms with van der Waals surface area (Å²) < 4.78 is 0. The number of aryl methyl sites for hydroxylation is 2. The lowest BCUT2D eigenvalue weighted by Crippen LogP contribution is -2.39. The van der Waals surface area contributed by atoms with E-state index in [0.717, 1.165) is 24.1 Å². The van der Waals surface area contributed by atoms with Gasteiger partial charge in [0.15, 0.2) is 0 Å². The molecule has 0 atom stereocenters. The highest BCUT2D eigenvalue weighted by Crippen LogP contribution is 2.35. The summed E-state index contributed by atoms with van der Waals surface area (Å²) in [5.74, 6) is -0.0423. The minimum Gasteiger partial charge on any atom is -0.394 e. The Labute approximate surface area is 99.5 Å². The number of aliphatic hydroxyl groups is 1. The number of carbonyl (C=O) groups is 1. The smallest absolute Gasteiger partial charge is 0.261 e. The molecule has 1 aromatic rings. The van der Waals surface area contributed by atoms with Crippen molar-refractivity contribution in [3.8, 4) is 0 Å². The van der Waals surface area contributed by atoms with Crippen LogP contribution in [0.5, 0.6) is 0 Å². The van der Waals surface area contributed by atoms with Crippen molar-refractivity contribution in [1.29, 1.82) is 0 Å². The first-order valence-corrected chi connectivity index (χ1v) is 6.44. The summed E-state index contributed by atoms with van der Waals surface area (Å²) in [5.41, 5.74) is 0.922. The molecule has 2 N–H and O–H groups in total. The monoisotopic (exact) mass is 239 g/mol. The first-order chi connectivity index (χ1) is 7.60.